The first-order valence-electron chi connectivity index (χ1n) is 6.69. The largest absolute Gasteiger partial charge is 0.481 e. The minimum atomic E-state index is 0.310. The van der Waals surface area contributed by atoms with Crippen LogP contribution in [-0.2, 0) is 11.4 Å². The van der Waals surface area contributed by atoms with Crippen molar-refractivity contribution in [1.29, 1.82) is 0 Å². The number of hydrogen-bond donors (Lipinski definition) is 0. The number of pyridine rings is 2. The van der Waals surface area contributed by atoms with E-state index in [2.05, 4.69) is 15.1 Å². The smallest absolute Gasteiger partial charge is 0.220 e. The summed E-state index contributed by atoms with van der Waals surface area (Å²) >= 11 is 0. The molecule has 0 aliphatic heterocycles. The molecule has 0 aromatic carbocycles. The summed E-state index contributed by atoms with van der Waals surface area (Å²) < 4.78 is 5.22. The zero-order chi connectivity index (χ0) is 15.2. The van der Waals surface area contributed by atoms with Crippen molar-refractivity contribution in [3.05, 3.63) is 52.5 Å². The van der Waals surface area contributed by atoms with Gasteiger partial charge < -0.3 is 9.57 Å². The fraction of sp³-hybridized carbons (Fsp3) is 0.312. The number of hydrogen-bond acceptors (Lipinski definition) is 5. The van der Waals surface area contributed by atoms with Crippen molar-refractivity contribution in [3.8, 4) is 5.88 Å². The van der Waals surface area contributed by atoms with Crippen molar-refractivity contribution >= 4 is 6.21 Å². The van der Waals surface area contributed by atoms with Crippen LogP contribution in [0.4, 0.5) is 0 Å². The first-order valence-corrected chi connectivity index (χ1v) is 6.69. The van der Waals surface area contributed by atoms with Crippen LogP contribution in [0.3, 0.4) is 0 Å². The number of nitrogens with zero attached hydrogens (tertiary/aromatic N) is 3. The molecule has 0 aliphatic carbocycles. The predicted molar refractivity (Wildman–Crippen MR) is 81.6 cm³/mol. The third-order valence-corrected chi connectivity index (χ3v) is 3.03. The Morgan fingerprint density at radius 3 is 2.76 bits per heavy atom. The summed E-state index contributed by atoms with van der Waals surface area (Å²) in [6.45, 7) is 6.27. The molecule has 0 bridgehead atoms. The van der Waals surface area contributed by atoms with Crippen LogP contribution in [0.1, 0.15) is 28.1 Å². The van der Waals surface area contributed by atoms with Crippen molar-refractivity contribution in [1.82, 2.24) is 9.97 Å². The molecular formula is C16H19N3O2. The normalized spacial score (nSPS) is 10.9. The molecule has 0 unspecified atom stereocenters. The van der Waals surface area contributed by atoms with Crippen LogP contribution < -0.4 is 4.74 Å². The minimum Gasteiger partial charge on any atom is -0.481 e. The first-order chi connectivity index (χ1) is 10.1. The van der Waals surface area contributed by atoms with Gasteiger partial charge in [0.2, 0.25) is 5.88 Å². The Hall–Kier alpha value is -2.43. The average molecular weight is 285 g/mol. The Morgan fingerprint density at radius 2 is 2.05 bits per heavy atom. The average Bonchev–Trinajstić information content (AvgIpc) is 2.43. The lowest BCUT2D eigenvalue weighted by Crippen LogP contribution is -1.99. The number of ether oxygens (including phenoxy) is 1. The lowest BCUT2D eigenvalue weighted by atomic mass is 10.2. The van der Waals surface area contributed by atoms with Gasteiger partial charge in [-0.3, -0.25) is 4.98 Å². The van der Waals surface area contributed by atoms with Gasteiger partial charge in [-0.15, -0.1) is 0 Å². The van der Waals surface area contributed by atoms with Crippen LogP contribution in [0.25, 0.3) is 0 Å². The zero-order valence-electron chi connectivity index (χ0n) is 12.8. The van der Waals surface area contributed by atoms with Crippen LogP contribution in [0, 0.1) is 20.8 Å². The Labute approximate surface area is 124 Å². The van der Waals surface area contributed by atoms with E-state index in [0.29, 0.717) is 12.5 Å². The SMILES string of the molecule is COc1nccc(C)c1CON=Cc1cc(C)cc(C)n1. The van der Waals surface area contributed by atoms with Gasteiger partial charge >= 0.3 is 0 Å². The molecule has 0 aliphatic rings. The fourth-order valence-corrected chi connectivity index (χ4v) is 2.05. The van der Waals surface area contributed by atoms with Gasteiger partial charge in [0, 0.05) is 11.9 Å². The molecule has 0 saturated heterocycles. The fourth-order valence-electron chi connectivity index (χ4n) is 2.05. The zero-order valence-corrected chi connectivity index (χ0v) is 12.8. The van der Waals surface area contributed by atoms with E-state index in [1.54, 1.807) is 19.5 Å². The van der Waals surface area contributed by atoms with E-state index >= 15 is 0 Å². The molecule has 2 aromatic heterocycles. The van der Waals surface area contributed by atoms with Crippen LogP contribution in [0.2, 0.25) is 0 Å². The third kappa shape index (κ3) is 4.02. The number of oxime groups is 1. The van der Waals surface area contributed by atoms with Gasteiger partial charge in [0.15, 0.2) is 0 Å². The molecule has 0 spiro atoms. The molecule has 0 fully saturated rings. The van der Waals surface area contributed by atoms with Crippen molar-refractivity contribution in [3.63, 3.8) is 0 Å². The molecule has 110 valence electrons. The maximum absolute atomic E-state index is 5.34. The van der Waals surface area contributed by atoms with Gasteiger partial charge in [-0.25, -0.2) is 4.98 Å². The highest BCUT2D eigenvalue weighted by atomic mass is 16.6. The summed E-state index contributed by atoms with van der Waals surface area (Å²) in [7, 11) is 1.59. The van der Waals surface area contributed by atoms with E-state index in [1.165, 1.54) is 0 Å². The molecule has 2 heterocycles. The Bertz CT molecular complexity index is 634. The maximum atomic E-state index is 5.34. The van der Waals surface area contributed by atoms with Crippen molar-refractivity contribution < 1.29 is 9.57 Å². The highest BCUT2D eigenvalue weighted by Crippen LogP contribution is 2.19. The predicted octanol–water partition coefficient (Wildman–Crippen LogP) is 2.96. The summed E-state index contributed by atoms with van der Waals surface area (Å²) in [6, 6.07) is 5.88. The van der Waals surface area contributed by atoms with E-state index in [0.717, 1.165) is 28.1 Å². The molecule has 5 nitrogen and oxygen atoms in total. The van der Waals surface area contributed by atoms with Gasteiger partial charge in [-0.05, 0) is 50.1 Å². The molecular weight excluding hydrogens is 266 g/mol. The summed E-state index contributed by atoms with van der Waals surface area (Å²) in [5, 5.41) is 3.96. The summed E-state index contributed by atoms with van der Waals surface area (Å²) in [4.78, 5) is 13.9. The highest BCUT2D eigenvalue weighted by Gasteiger charge is 2.07. The standard InChI is InChI=1S/C16H19N3O2/c1-11-7-13(3)19-14(8-11)9-18-21-10-15-12(2)5-6-17-16(15)20-4/h5-9H,10H2,1-4H3. The molecule has 5 heteroatoms. The highest BCUT2D eigenvalue weighted by molar-refractivity contribution is 5.76. The second-order valence-corrected chi connectivity index (χ2v) is 4.83. The van der Waals surface area contributed by atoms with Gasteiger partial charge in [0.1, 0.15) is 6.61 Å². The second-order valence-electron chi connectivity index (χ2n) is 4.83. The molecule has 2 rings (SSSR count). The van der Waals surface area contributed by atoms with Gasteiger partial charge in [-0.2, -0.15) is 0 Å². The summed E-state index contributed by atoms with van der Waals surface area (Å²) in [5.74, 6) is 0.565. The van der Waals surface area contributed by atoms with Gasteiger partial charge in [-0.1, -0.05) is 5.16 Å². The number of aryl methyl sites for hydroxylation is 3. The maximum Gasteiger partial charge on any atom is 0.220 e. The lowest BCUT2D eigenvalue weighted by Gasteiger charge is -2.08. The van der Waals surface area contributed by atoms with E-state index < -0.39 is 0 Å². The third-order valence-electron chi connectivity index (χ3n) is 3.03. The van der Waals surface area contributed by atoms with Crippen molar-refractivity contribution in [2.75, 3.05) is 7.11 Å². The minimum absolute atomic E-state index is 0.310. The van der Waals surface area contributed by atoms with E-state index in [9.17, 15) is 0 Å². The Kier molecular flexibility index (Phi) is 4.87. The number of methoxy groups -OCH3 is 1. The summed E-state index contributed by atoms with van der Waals surface area (Å²) in [6.07, 6.45) is 3.32. The van der Waals surface area contributed by atoms with Crippen LogP contribution in [-0.4, -0.2) is 23.3 Å². The van der Waals surface area contributed by atoms with Crippen LogP contribution in [0.15, 0.2) is 29.6 Å². The molecule has 21 heavy (non-hydrogen) atoms. The molecule has 0 saturated carbocycles. The second kappa shape index (κ2) is 6.83. The van der Waals surface area contributed by atoms with Crippen LogP contribution >= 0.6 is 0 Å². The number of aromatic nitrogens is 2. The number of rotatable bonds is 5. The summed E-state index contributed by atoms with van der Waals surface area (Å²) in [5.41, 5.74) is 4.84. The molecule has 0 amide bonds. The van der Waals surface area contributed by atoms with Crippen molar-refractivity contribution in [2.45, 2.75) is 27.4 Å². The molecule has 2 aromatic rings. The van der Waals surface area contributed by atoms with Gasteiger partial charge in [0.25, 0.3) is 0 Å². The van der Waals surface area contributed by atoms with E-state index in [-0.39, 0.29) is 0 Å². The molecule has 0 atom stereocenters. The lowest BCUT2D eigenvalue weighted by molar-refractivity contribution is 0.129. The first kappa shape index (κ1) is 15.0. The topological polar surface area (TPSA) is 56.6 Å². The monoisotopic (exact) mass is 285 g/mol. The van der Waals surface area contributed by atoms with Gasteiger partial charge in [0.05, 0.1) is 24.6 Å². The Morgan fingerprint density at radius 1 is 1.24 bits per heavy atom. The molecule has 0 radical (unpaired) electrons. The Balaban J connectivity index is 2.03. The van der Waals surface area contributed by atoms with Crippen molar-refractivity contribution in [2.24, 2.45) is 5.16 Å². The van der Waals surface area contributed by atoms with E-state index in [4.69, 9.17) is 9.57 Å². The quantitative estimate of drug-likeness (QED) is 0.626. The molecule has 0 N–H and O–H groups in total. The van der Waals surface area contributed by atoms with Crippen LogP contribution in [0.5, 0.6) is 5.88 Å². The van der Waals surface area contributed by atoms with E-state index in [1.807, 2.05) is 39.0 Å².